The number of halogens is 1. The van der Waals surface area contributed by atoms with E-state index in [-0.39, 0.29) is 17.1 Å². The van der Waals surface area contributed by atoms with Crippen molar-refractivity contribution in [1.82, 2.24) is 24.1 Å². The summed E-state index contributed by atoms with van der Waals surface area (Å²) in [5.41, 5.74) is 1.13. The molecule has 1 saturated heterocycles. The summed E-state index contributed by atoms with van der Waals surface area (Å²) < 4.78 is 3.65. The topological polar surface area (TPSA) is 55.4 Å². The van der Waals surface area contributed by atoms with Crippen LogP contribution < -0.4 is 0 Å². The minimum Gasteiger partial charge on any atom is -0.332 e. The minimum absolute atomic E-state index is 0.0597. The summed E-state index contributed by atoms with van der Waals surface area (Å²) in [6, 6.07) is 7.63. The molecule has 7 heteroatoms. The maximum atomic E-state index is 13.2. The molecule has 124 valence electrons. The molecule has 1 aliphatic heterocycles. The standard InChI is InChI=1S/C17H18ClN5O/c18-16-15(23-11-4-2-7-14(23)20-16)17(24)22-10-3-1-6-13(22)12-21-9-5-8-19-21/h2,4-5,7-9,11,13H,1,3,6,10,12H2/t13-/m0/s1. The van der Waals surface area contributed by atoms with Crippen LogP contribution in [-0.4, -0.2) is 42.6 Å². The normalized spacial score (nSPS) is 18.2. The first-order valence-electron chi connectivity index (χ1n) is 8.15. The second-order valence-corrected chi connectivity index (χ2v) is 6.41. The first-order chi connectivity index (χ1) is 11.7. The second-order valence-electron chi connectivity index (χ2n) is 6.06. The van der Waals surface area contributed by atoms with Crippen molar-refractivity contribution in [2.24, 2.45) is 0 Å². The van der Waals surface area contributed by atoms with Crippen molar-refractivity contribution in [3.63, 3.8) is 0 Å². The van der Waals surface area contributed by atoms with Gasteiger partial charge in [-0.25, -0.2) is 4.98 Å². The fourth-order valence-corrected chi connectivity index (χ4v) is 3.64. The largest absolute Gasteiger partial charge is 0.332 e. The van der Waals surface area contributed by atoms with Gasteiger partial charge in [-0.3, -0.25) is 13.9 Å². The van der Waals surface area contributed by atoms with Gasteiger partial charge in [0.1, 0.15) is 5.65 Å². The molecule has 1 fully saturated rings. The summed E-state index contributed by atoms with van der Waals surface area (Å²) in [6.45, 7) is 1.44. The number of fused-ring (bicyclic) bond motifs is 1. The van der Waals surface area contributed by atoms with E-state index in [2.05, 4.69) is 10.1 Å². The van der Waals surface area contributed by atoms with Crippen LogP contribution in [0.2, 0.25) is 5.15 Å². The number of likely N-dealkylation sites (tertiary alicyclic amines) is 1. The van der Waals surface area contributed by atoms with Gasteiger partial charge in [0.25, 0.3) is 5.91 Å². The maximum absolute atomic E-state index is 13.2. The van der Waals surface area contributed by atoms with Crippen molar-refractivity contribution in [2.45, 2.75) is 31.8 Å². The number of hydrogen-bond acceptors (Lipinski definition) is 3. The summed E-state index contributed by atoms with van der Waals surface area (Å²) in [5, 5.41) is 4.53. The molecule has 0 N–H and O–H groups in total. The van der Waals surface area contributed by atoms with Crippen LogP contribution in [0.4, 0.5) is 0 Å². The Bertz CT molecular complexity index is 857. The molecule has 0 spiro atoms. The highest BCUT2D eigenvalue weighted by atomic mass is 35.5. The number of hydrogen-bond donors (Lipinski definition) is 0. The zero-order valence-electron chi connectivity index (χ0n) is 13.2. The van der Waals surface area contributed by atoms with Gasteiger partial charge >= 0.3 is 0 Å². The van der Waals surface area contributed by atoms with Gasteiger partial charge in [-0.15, -0.1) is 0 Å². The Morgan fingerprint density at radius 1 is 1.25 bits per heavy atom. The third-order valence-corrected chi connectivity index (χ3v) is 4.80. The fourth-order valence-electron chi connectivity index (χ4n) is 3.38. The van der Waals surface area contributed by atoms with Crippen molar-refractivity contribution < 1.29 is 4.79 Å². The molecule has 0 unspecified atom stereocenters. The van der Waals surface area contributed by atoms with Crippen LogP contribution in [0.3, 0.4) is 0 Å². The molecule has 1 atom stereocenters. The van der Waals surface area contributed by atoms with Crippen molar-refractivity contribution >= 4 is 23.2 Å². The van der Waals surface area contributed by atoms with E-state index in [1.807, 2.05) is 46.2 Å². The van der Waals surface area contributed by atoms with Crippen LogP contribution >= 0.6 is 11.6 Å². The summed E-state index contributed by atoms with van der Waals surface area (Å²) >= 11 is 6.28. The third-order valence-electron chi connectivity index (χ3n) is 4.53. The molecule has 0 saturated carbocycles. The van der Waals surface area contributed by atoms with Crippen LogP contribution in [0.25, 0.3) is 5.65 Å². The Kier molecular flexibility index (Phi) is 3.98. The lowest BCUT2D eigenvalue weighted by atomic mass is 10.0. The third kappa shape index (κ3) is 2.67. The van der Waals surface area contributed by atoms with Crippen molar-refractivity contribution in [2.75, 3.05) is 6.54 Å². The molecule has 1 amide bonds. The van der Waals surface area contributed by atoms with E-state index in [0.717, 1.165) is 25.8 Å². The molecule has 4 heterocycles. The molecule has 4 rings (SSSR count). The molecule has 3 aromatic heterocycles. The molecule has 0 radical (unpaired) electrons. The number of rotatable bonds is 3. The number of nitrogens with zero attached hydrogens (tertiary/aromatic N) is 5. The highest BCUT2D eigenvalue weighted by molar-refractivity contribution is 6.32. The SMILES string of the molecule is O=C(c1c(Cl)nc2ccccn12)N1CCCC[C@H]1Cn1cccn1. The predicted octanol–water partition coefficient (Wildman–Crippen LogP) is 2.88. The smallest absolute Gasteiger partial charge is 0.274 e. The monoisotopic (exact) mass is 343 g/mol. The quantitative estimate of drug-likeness (QED) is 0.734. The van der Waals surface area contributed by atoms with Gasteiger partial charge in [0.15, 0.2) is 10.8 Å². The lowest BCUT2D eigenvalue weighted by molar-refractivity contribution is 0.0577. The average Bonchev–Trinajstić information content (AvgIpc) is 3.21. The Hall–Kier alpha value is -2.34. The molecule has 1 aliphatic rings. The molecular formula is C17H18ClN5O. The van der Waals surface area contributed by atoms with E-state index >= 15 is 0 Å². The molecular weight excluding hydrogens is 326 g/mol. The number of carbonyl (C=O) groups is 1. The summed E-state index contributed by atoms with van der Waals surface area (Å²) in [6.07, 6.45) is 8.62. The van der Waals surface area contributed by atoms with E-state index in [4.69, 9.17) is 11.6 Å². The Morgan fingerprint density at radius 3 is 3.00 bits per heavy atom. The molecule has 24 heavy (non-hydrogen) atoms. The zero-order valence-corrected chi connectivity index (χ0v) is 13.9. The van der Waals surface area contributed by atoms with Gasteiger partial charge in [0.05, 0.1) is 12.6 Å². The first-order valence-corrected chi connectivity index (χ1v) is 8.53. The highest BCUT2D eigenvalue weighted by Gasteiger charge is 2.31. The van der Waals surface area contributed by atoms with E-state index in [0.29, 0.717) is 17.9 Å². The lowest BCUT2D eigenvalue weighted by Crippen LogP contribution is -2.46. The summed E-state index contributed by atoms with van der Waals surface area (Å²) in [7, 11) is 0. The van der Waals surface area contributed by atoms with Crippen molar-refractivity contribution in [3.8, 4) is 0 Å². The van der Waals surface area contributed by atoms with E-state index in [1.54, 1.807) is 10.6 Å². The minimum atomic E-state index is -0.0597. The van der Waals surface area contributed by atoms with Crippen LogP contribution in [-0.2, 0) is 6.54 Å². The van der Waals surface area contributed by atoms with Gasteiger partial charge in [-0.05, 0) is 37.5 Å². The molecule has 0 aromatic carbocycles. The van der Waals surface area contributed by atoms with Crippen LogP contribution in [0, 0.1) is 0 Å². The average molecular weight is 344 g/mol. The predicted molar refractivity (Wildman–Crippen MR) is 91.1 cm³/mol. The Balaban J connectivity index is 1.66. The summed E-state index contributed by atoms with van der Waals surface area (Å²) in [5.74, 6) is -0.0597. The highest BCUT2D eigenvalue weighted by Crippen LogP contribution is 2.25. The van der Waals surface area contributed by atoms with Crippen LogP contribution in [0.5, 0.6) is 0 Å². The second kappa shape index (κ2) is 6.28. The van der Waals surface area contributed by atoms with Crippen molar-refractivity contribution in [3.05, 3.63) is 53.7 Å². The van der Waals surface area contributed by atoms with E-state index < -0.39 is 0 Å². The molecule has 0 aliphatic carbocycles. The van der Waals surface area contributed by atoms with Gasteiger partial charge in [-0.2, -0.15) is 5.10 Å². The van der Waals surface area contributed by atoms with Crippen molar-refractivity contribution in [1.29, 1.82) is 0 Å². The summed E-state index contributed by atoms with van der Waals surface area (Å²) in [4.78, 5) is 19.4. The molecule has 0 bridgehead atoms. The van der Waals surface area contributed by atoms with Gasteiger partial charge in [0.2, 0.25) is 0 Å². The first kappa shape index (κ1) is 15.2. The zero-order chi connectivity index (χ0) is 16.5. The van der Waals surface area contributed by atoms with Gasteiger partial charge in [0, 0.05) is 25.1 Å². The number of amides is 1. The lowest BCUT2D eigenvalue weighted by Gasteiger charge is -2.35. The molecule has 6 nitrogen and oxygen atoms in total. The number of aromatic nitrogens is 4. The number of pyridine rings is 1. The Morgan fingerprint density at radius 2 is 2.17 bits per heavy atom. The maximum Gasteiger partial charge on any atom is 0.274 e. The molecule has 3 aromatic rings. The van der Waals surface area contributed by atoms with E-state index in [1.165, 1.54) is 0 Å². The van der Waals surface area contributed by atoms with E-state index in [9.17, 15) is 4.79 Å². The number of carbonyl (C=O) groups excluding carboxylic acids is 1. The Labute approximate surface area is 144 Å². The van der Waals surface area contributed by atoms with Gasteiger partial charge in [-0.1, -0.05) is 17.7 Å². The number of piperidine rings is 1. The van der Waals surface area contributed by atoms with Crippen LogP contribution in [0.1, 0.15) is 29.8 Å². The van der Waals surface area contributed by atoms with Crippen LogP contribution in [0.15, 0.2) is 42.9 Å². The number of imidazole rings is 1. The van der Waals surface area contributed by atoms with Gasteiger partial charge < -0.3 is 4.90 Å². The fraction of sp³-hybridized carbons (Fsp3) is 0.353.